The second-order valence-corrected chi connectivity index (χ2v) is 7.03. The number of carbonyl (C=O) groups excluding carboxylic acids is 2. The summed E-state index contributed by atoms with van der Waals surface area (Å²) in [6.07, 6.45) is 4.79. The summed E-state index contributed by atoms with van der Waals surface area (Å²) >= 11 is 0. The molecule has 6 nitrogen and oxygen atoms in total. The Balaban J connectivity index is 1.54. The van der Waals surface area contributed by atoms with Crippen molar-refractivity contribution in [3.8, 4) is 0 Å². The highest BCUT2D eigenvalue weighted by Crippen LogP contribution is 2.34. The van der Waals surface area contributed by atoms with Crippen LogP contribution in [0.2, 0.25) is 0 Å². The molecule has 2 unspecified atom stereocenters. The third kappa shape index (κ3) is 4.18. The van der Waals surface area contributed by atoms with Gasteiger partial charge in [-0.15, -0.1) is 0 Å². The van der Waals surface area contributed by atoms with Gasteiger partial charge in [-0.05, 0) is 41.5 Å². The molecule has 1 aromatic carbocycles. The van der Waals surface area contributed by atoms with E-state index < -0.39 is 5.92 Å². The molecule has 1 saturated heterocycles. The molecule has 2 amide bonds. The molecule has 3 heterocycles. The number of pyridine rings is 1. The molecule has 2 aromatic heterocycles. The Bertz CT molecular complexity index is 992. The van der Waals surface area contributed by atoms with Crippen LogP contribution in [0.1, 0.15) is 27.6 Å². The normalized spacial score (nSPS) is 18.6. The summed E-state index contributed by atoms with van der Waals surface area (Å²) in [7, 11) is 0. The van der Waals surface area contributed by atoms with E-state index in [2.05, 4.69) is 10.3 Å². The Morgan fingerprint density at radius 2 is 2.07 bits per heavy atom. The summed E-state index contributed by atoms with van der Waals surface area (Å²) in [4.78, 5) is 31.3. The number of likely N-dealkylation sites (tertiary alicyclic amines) is 1. The second kappa shape index (κ2) is 8.26. The Morgan fingerprint density at radius 1 is 1.17 bits per heavy atom. The SMILES string of the molecule is O=C(NCc1cccnc1)C1CN(C(=O)c2ccco2)CC1c1cccc(F)c1. The van der Waals surface area contributed by atoms with Crippen molar-refractivity contribution < 1.29 is 18.4 Å². The lowest BCUT2D eigenvalue weighted by atomic mass is 9.88. The largest absolute Gasteiger partial charge is 0.459 e. The van der Waals surface area contributed by atoms with E-state index in [1.165, 1.54) is 18.4 Å². The standard InChI is InChI=1S/C22H20FN3O3/c23-17-6-1-5-16(10-17)18-13-26(22(28)20-7-3-9-29-20)14-19(18)21(27)25-12-15-4-2-8-24-11-15/h1-11,18-19H,12-14H2,(H,25,27). The molecule has 1 aliphatic heterocycles. The highest BCUT2D eigenvalue weighted by Gasteiger charge is 2.41. The van der Waals surface area contributed by atoms with Crippen molar-refractivity contribution >= 4 is 11.8 Å². The van der Waals surface area contributed by atoms with Gasteiger partial charge in [0.05, 0.1) is 12.2 Å². The van der Waals surface area contributed by atoms with E-state index in [0.29, 0.717) is 18.7 Å². The first-order valence-corrected chi connectivity index (χ1v) is 9.36. The number of aromatic nitrogens is 1. The highest BCUT2D eigenvalue weighted by atomic mass is 19.1. The van der Waals surface area contributed by atoms with Crippen LogP contribution in [-0.2, 0) is 11.3 Å². The van der Waals surface area contributed by atoms with Crippen LogP contribution < -0.4 is 5.32 Å². The lowest BCUT2D eigenvalue weighted by Crippen LogP contribution is -2.35. The van der Waals surface area contributed by atoms with Crippen molar-refractivity contribution in [2.75, 3.05) is 13.1 Å². The number of benzene rings is 1. The minimum atomic E-state index is -0.493. The molecule has 0 saturated carbocycles. The average molecular weight is 393 g/mol. The lowest BCUT2D eigenvalue weighted by Gasteiger charge is -2.18. The first-order valence-electron chi connectivity index (χ1n) is 9.36. The first-order chi connectivity index (χ1) is 14.1. The molecule has 4 rings (SSSR count). The van der Waals surface area contributed by atoms with Gasteiger partial charge in [-0.3, -0.25) is 14.6 Å². The van der Waals surface area contributed by atoms with Gasteiger partial charge in [0.2, 0.25) is 5.91 Å². The van der Waals surface area contributed by atoms with Gasteiger partial charge in [0.15, 0.2) is 5.76 Å². The van der Waals surface area contributed by atoms with Gasteiger partial charge in [-0.2, -0.15) is 0 Å². The predicted octanol–water partition coefficient (Wildman–Crippen LogP) is 2.99. The van der Waals surface area contributed by atoms with Crippen LogP contribution in [0.4, 0.5) is 4.39 Å². The molecule has 29 heavy (non-hydrogen) atoms. The van der Waals surface area contributed by atoms with Crippen molar-refractivity contribution in [3.63, 3.8) is 0 Å². The van der Waals surface area contributed by atoms with Crippen molar-refractivity contribution in [2.24, 2.45) is 5.92 Å². The van der Waals surface area contributed by atoms with Gasteiger partial charge < -0.3 is 14.6 Å². The summed E-state index contributed by atoms with van der Waals surface area (Å²) in [6.45, 7) is 0.888. The fourth-order valence-corrected chi connectivity index (χ4v) is 3.69. The number of nitrogens with one attached hydrogen (secondary N) is 1. The molecule has 1 fully saturated rings. The quantitative estimate of drug-likeness (QED) is 0.723. The molecule has 0 bridgehead atoms. The smallest absolute Gasteiger partial charge is 0.289 e. The molecule has 148 valence electrons. The molecule has 1 aliphatic rings. The zero-order valence-corrected chi connectivity index (χ0v) is 15.6. The Kier molecular flexibility index (Phi) is 5.37. The first kappa shape index (κ1) is 18.9. The molecule has 1 N–H and O–H groups in total. The molecular weight excluding hydrogens is 373 g/mol. The van der Waals surface area contributed by atoms with Gasteiger partial charge >= 0.3 is 0 Å². The van der Waals surface area contributed by atoms with Crippen LogP contribution in [0.25, 0.3) is 0 Å². The topological polar surface area (TPSA) is 75.4 Å². The second-order valence-electron chi connectivity index (χ2n) is 7.03. The Labute approximate surface area is 167 Å². The average Bonchev–Trinajstić information content (AvgIpc) is 3.43. The van der Waals surface area contributed by atoms with Crippen LogP contribution >= 0.6 is 0 Å². The summed E-state index contributed by atoms with van der Waals surface area (Å²) < 4.78 is 19.0. The molecule has 0 aliphatic carbocycles. The highest BCUT2D eigenvalue weighted by molar-refractivity contribution is 5.92. The zero-order valence-electron chi connectivity index (χ0n) is 15.6. The van der Waals surface area contributed by atoms with Crippen LogP contribution in [-0.4, -0.2) is 34.8 Å². The van der Waals surface area contributed by atoms with Gasteiger partial charge in [0.25, 0.3) is 5.91 Å². The van der Waals surface area contributed by atoms with Crippen LogP contribution in [0.3, 0.4) is 0 Å². The van der Waals surface area contributed by atoms with Crippen LogP contribution in [0.5, 0.6) is 0 Å². The van der Waals surface area contributed by atoms with E-state index in [9.17, 15) is 14.0 Å². The number of hydrogen-bond acceptors (Lipinski definition) is 4. The Hall–Kier alpha value is -3.48. The molecule has 0 radical (unpaired) electrons. The maximum atomic E-state index is 13.8. The monoisotopic (exact) mass is 393 g/mol. The summed E-state index contributed by atoms with van der Waals surface area (Å²) in [5.74, 6) is -1.41. The van der Waals surface area contributed by atoms with Crippen molar-refractivity contribution in [3.05, 3.63) is 89.9 Å². The van der Waals surface area contributed by atoms with Crippen molar-refractivity contribution in [2.45, 2.75) is 12.5 Å². The number of nitrogens with zero attached hydrogens (tertiary/aromatic N) is 2. The third-order valence-electron chi connectivity index (χ3n) is 5.14. The van der Waals surface area contributed by atoms with Gasteiger partial charge in [-0.1, -0.05) is 18.2 Å². The maximum Gasteiger partial charge on any atom is 0.289 e. The van der Waals surface area contributed by atoms with E-state index in [0.717, 1.165) is 5.56 Å². The van der Waals surface area contributed by atoms with Crippen molar-refractivity contribution in [1.82, 2.24) is 15.2 Å². The molecule has 3 aromatic rings. The number of hydrogen-bond donors (Lipinski definition) is 1. The number of rotatable bonds is 5. The number of carbonyl (C=O) groups is 2. The molecular formula is C22H20FN3O3. The van der Waals surface area contributed by atoms with E-state index in [1.807, 2.05) is 6.07 Å². The van der Waals surface area contributed by atoms with E-state index in [1.54, 1.807) is 47.6 Å². The molecule has 0 spiro atoms. The predicted molar refractivity (Wildman–Crippen MR) is 103 cm³/mol. The molecule has 2 atom stereocenters. The van der Waals surface area contributed by atoms with Gasteiger partial charge in [0, 0.05) is 37.9 Å². The fraction of sp³-hybridized carbons (Fsp3) is 0.227. The zero-order chi connectivity index (χ0) is 20.2. The van der Waals surface area contributed by atoms with E-state index in [4.69, 9.17) is 4.42 Å². The Morgan fingerprint density at radius 3 is 2.79 bits per heavy atom. The molecule has 7 heteroatoms. The van der Waals surface area contributed by atoms with Crippen LogP contribution in [0, 0.1) is 11.7 Å². The van der Waals surface area contributed by atoms with Crippen molar-refractivity contribution in [1.29, 1.82) is 0 Å². The lowest BCUT2D eigenvalue weighted by molar-refractivity contribution is -0.125. The minimum absolute atomic E-state index is 0.183. The third-order valence-corrected chi connectivity index (χ3v) is 5.14. The summed E-state index contributed by atoms with van der Waals surface area (Å²) in [5, 5.41) is 2.92. The van der Waals surface area contributed by atoms with Gasteiger partial charge in [-0.25, -0.2) is 4.39 Å². The summed E-state index contributed by atoms with van der Waals surface area (Å²) in [5.41, 5.74) is 1.57. The summed E-state index contributed by atoms with van der Waals surface area (Å²) in [6, 6.07) is 13.1. The minimum Gasteiger partial charge on any atom is -0.459 e. The van der Waals surface area contributed by atoms with E-state index >= 15 is 0 Å². The van der Waals surface area contributed by atoms with E-state index in [-0.39, 0.29) is 35.9 Å². The fourth-order valence-electron chi connectivity index (χ4n) is 3.69. The maximum absolute atomic E-state index is 13.8. The number of furan rings is 1. The number of halogens is 1. The van der Waals surface area contributed by atoms with Crippen LogP contribution in [0.15, 0.2) is 71.6 Å². The van der Waals surface area contributed by atoms with Gasteiger partial charge in [0.1, 0.15) is 5.82 Å². The number of amides is 2.